The summed E-state index contributed by atoms with van der Waals surface area (Å²) in [4.78, 5) is 0. The molecule has 1 aromatic carbocycles. The van der Waals surface area contributed by atoms with Gasteiger partial charge in [0.15, 0.2) is 0 Å². The Morgan fingerprint density at radius 2 is 1.68 bits per heavy atom. The van der Waals surface area contributed by atoms with Crippen LogP contribution in [-0.4, -0.2) is 25.2 Å². The van der Waals surface area contributed by atoms with Crippen LogP contribution in [-0.2, 0) is 6.54 Å². The van der Waals surface area contributed by atoms with Crippen molar-refractivity contribution in [3.63, 3.8) is 0 Å². The Hall–Kier alpha value is -2.04. The van der Waals surface area contributed by atoms with Crippen molar-refractivity contribution in [2.45, 2.75) is 118 Å². The molecule has 0 fully saturated rings. The van der Waals surface area contributed by atoms with Gasteiger partial charge < -0.3 is 21.7 Å². The van der Waals surface area contributed by atoms with E-state index >= 15 is 0 Å². The van der Waals surface area contributed by atoms with E-state index in [9.17, 15) is 0 Å². The number of hydrogen-bond donors (Lipinski definition) is 4. The van der Waals surface area contributed by atoms with Gasteiger partial charge in [-0.2, -0.15) is 0 Å². The summed E-state index contributed by atoms with van der Waals surface area (Å²) in [6.45, 7) is 22.2. The summed E-state index contributed by atoms with van der Waals surface area (Å²) in [5.41, 5.74) is 12.9. The van der Waals surface area contributed by atoms with Gasteiger partial charge in [0.1, 0.15) is 0 Å². The van der Waals surface area contributed by atoms with Crippen LogP contribution in [0.15, 0.2) is 60.5 Å². The second-order valence-electron chi connectivity index (χ2n) is 11.2. The van der Waals surface area contributed by atoms with Crippen LogP contribution < -0.4 is 21.7 Å². The van der Waals surface area contributed by atoms with Crippen LogP contribution in [0.4, 0.5) is 0 Å². The van der Waals surface area contributed by atoms with Gasteiger partial charge in [-0.15, -0.1) is 6.58 Å². The van der Waals surface area contributed by atoms with Crippen LogP contribution in [0.3, 0.4) is 0 Å². The summed E-state index contributed by atoms with van der Waals surface area (Å²) < 4.78 is 0. The van der Waals surface area contributed by atoms with Crippen molar-refractivity contribution in [1.29, 1.82) is 0 Å². The van der Waals surface area contributed by atoms with Gasteiger partial charge in [-0.25, -0.2) is 0 Å². The summed E-state index contributed by atoms with van der Waals surface area (Å²) in [7, 11) is 2.07. The molecule has 0 aromatic heterocycles. The molecule has 210 valence electrons. The molecule has 0 bridgehead atoms. The van der Waals surface area contributed by atoms with E-state index < -0.39 is 0 Å². The smallest absolute Gasteiger partial charge is 0.0673 e. The van der Waals surface area contributed by atoms with E-state index in [0.29, 0.717) is 18.0 Å². The van der Waals surface area contributed by atoms with E-state index in [-0.39, 0.29) is 6.04 Å². The minimum atomic E-state index is -0.163. The Balaban J connectivity index is 0.00000124. The highest BCUT2D eigenvalue weighted by atomic mass is 15.0. The number of hydrogen-bond acceptors (Lipinski definition) is 4. The molecule has 5 N–H and O–H groups in total. The highest BCUT2D eigenvalue weighted by molar-refractivity contribution is 5.32. The molecule has 4 nitrogen and oxygen atoms in total. The molecule has 37 heavy (non-hydrogen) atoms. The summed E-state index contributed by atoms with van der Waals surface area (Å²) in [6, 6.07) is 9.47. The Labute approximate surface area is 229 Å². The van der Waals surface area contributed by atoms with Crippen molar-refractivity contribution in [3.8, 4) is 0 Å². The van der Waals surface area contributed by atoms with Crippen LogP contribution in [0.25, 0.3) is 0 Å². The van der Waals surface area contributed by atoms with Crippen LogP contribution in [0, 0.1) is 18.8 Å². The zero-order chi connectivity index (χ0) is 27.8. The lowest BCUT2D eigenvalue weighted by atomic mass is 9.92. The summed E-state index contributed by atoms with van der Waals surface area (Å²) in [5.74, 6) is 1.50. The molecule has 4 heteroatoms. The molecule has 0 aliphatic heterocycles. The lowest BCUT2D eigenvalue weighted by Gasteiger charge is -2.23. The van der Waals surface area contributed by atoms with Gasteiger partial charge in [-0.05, 0) is 81.9 Å². The van der Waals surface area contributed by atoms with E-state index in [1.54, 1.807) is 0 Å². The third kappa shape index (κ3) is 12.4. The van der Waals surface area contributed by atoms with E-state index in [2.05, 4.69) is 102 Å². The largest absolute Gasteiger partial charge is 0.386 e. The maximum absolute atomic E-state index is 6.78. The van der Waals surface area contributed by atoms with Crippen LogP contribution in [0.2, 0.25) is 0 Å². The minimum Gasteiger partial charge on any atom is -0.386 e. The quantitative estimate of drug-likeness (QED) is 0.175. The first-order valence-electron chi connectivity index (χ1n) is 14.7. The molecular formula is C33H58N4. The molecule has 3 unspecified atom stereocenters. The zero-order valence-corrected chi connectivity index (χ0v) is 25.1. The van der Waals surface area contributed by atoms with E-state index in [1.807, 2.05) is 6.08 Å². The number of nitrogens with one attached hydrogen (secondary N) is 3. The number of allylic oxidation sites excluding steroid dienone is 2. The van der Waals surface area contributed by atoms with Crippen molar-refractivity contribution < 1.29 is 0 Å². The SMILES string of the molecule is C=CCCC(CC1CC(NC(CC)CC)=C(C(N)C(=C)NCc2ccc(C)cc2)C1)NC.CCC(C)C. The first-order chi connectivity index (χ1) is 17.7. The number of rotatable bonds is 16. The van der Waals surface area contributed by atoms with Crippen molar-refractivity contribution in [2.75, 3.05) is 7.05 Å². The Kier molecular flexibility index (Phi) is 16.3. The van der Waals surface area contributed by atoms with Crippen LogP contribution in [0.5, 0.6) is 0 Å². The third-order valence-corrected chi connectivity index (χ3v) is 7.71. The third-order valence-electron chi connectivity index (χ3n) is 7.71. The van der Waals surface area contributed by atoms with Crippen LogP contribution >= 0.6 is 0 Å². The second kappa shape index (κ2) is 18.3. The van der Waals surface area contributed by atoms with Gasteiger partial charge in [-0.3, -0.25) is 0 Å². The predicted molar refractivity (Wildman–Crippen MR) is 164 cm³/mol. The average molecular weight is 511 g/mol. The van der Waals surface area contributed by atoms with E-state index in [0.717, 1.165) is 63.1 Å². The Morgan fingerprint density at radius 3 is 2.19 bits per heavy atom. The van der Waals surface area contributed by atoms with Gasteiger partial charge in [-0.1, -0.05) is 83.5 Å². The molecule has 0 saturated heterocycles. The normalized spacial score (nSPS) is 16.9. The standard InChI is InChI=1S/C28H46N4.C5H12/c1-7-10-11-25(30-6)16-23-17-26(27(18-23)32-24(8-2)9-3)28(29)21(5)31-19-22-14-12-20(4)13-15-22;1-4-5(2)3/h7,12-15,23-25,28,30-32H,1,5,8-11,16-19,29H2,2-4,6H3;5H,4H2,1-3H3. The number of benzene rings is 1. The van der Waals surface area contributed by atoms with Gasteiger partial charge in [0.2, 0.25) is 0 Å². The summed E-state index contributed by atoms with van der Waals surface area (Å²) >= 11 is 0. The summed E-state index contributed by atoms with van der Waals surface area (Å²) in [6.07, 6.45) is 11.0. The molecule has 0 saturated carbocycles. The highest BCUT2D eigenvalue weighted by Crippen LogP contribution is 2.36. The molecular weight excluding hydrogens is 452 g/mol. The van der Waals surface area contributed by atoms with E-state index in [4.69, 9.17) is 5.73 Å². The lowest BCUT2D eigenvalue weighted by molar-refractivity contribution is 0.386. The topological polar surface area (TPSA) is 62.1 Å². The predicted octanol–water partition coefficient (Wildman–Crippen LogP) is 7.36. The molecule has 0 radical (unpaired) electrons. The second-order valence-corrected chi connectivity index (χ2v) is 11.2. The van der Waals surface area contributed by atoms with Crippen molar-refractivity contribution in [3.05, 3.63) is 71.6 Å². The number of aryl methyl sites for hydroxylation is 1. The maximum atomic E-state index is 6.78. The molecule has 0 spiro atoms. The van der Waals surface area contributed by atoms with Crippen LogP contribution in [0.1, 0.15) is 97.1 Å². The minimum absolute atomic E-state index is 0.163. The van der Waals surface area contributed by atoms with Crippen molar-refractivity contribution in [1.82, 2.24) is 16.0 Å². The van der Waals surface area contributed by atoms with Gasteiger partial charge in [0, 0.05) is 30.0 Å². The molecule has 0 heterocycles. The fourth-order valence-electron chi connectivity index (χ4n) is 4.64. The molecule has 1 aliphatic carbocycles. The molecule has 2 rings (SSSR count). The summed E-state index contributed by atoms with van der Waals surface area (Å²) in [5, 5.41) is 10.8. The fourth-order valence-corrected chi connectivity index (χ4v) is 4.64. The molecule has 1 aliphatic rings. The highest BCUT2D eigenvalue weighted by Gasteiger charge is 2.31. The monoisotopic (exact) mass is 510 g/mol. The van der Waals surface area contributed by atoms with Crippen molar-refractivity contribution in [2.24, 2.45) is 17.6 Å². The van der Waals surface area contributed by atoms with Gasteiger partial charge >= 0.3 is 0 Å². The Morgan fingerprint density at radius 1 is 1.05 bits per heavy atom. The zero-order valence-electron chi connectivity index (χ0n) is 25.1. The number of nitrogens with two attached hydrogens (primary N) is 1. The molecule has 1 aromatic rings. The lowest BCUT2D eigenvalue weighted by Crippen LogP contribution is -2.35. The van der Waals surface area contributed by atoms with E-state index in [1.165, 1.54) is 28.8 Å². The van der Waals surface area contributed by atoms with Gasteiger partial charge in [0.25, 0.3) is 0 Å². The molecule has 0 amide bonds. The fraction of sp³-hybridized carbons (Fsp3) is 0.636. The van der Waals surface area contributed by atoms with Crippen molar-refractivity contribution >= 4 is 0 Å². The maximum Gasteiger partial charge on any atom is 0.0673 e. The molecule has 3 atom stereocenters. The average Bonchev–Trinajstić information content (AvgIpc) is 3.30. The first kappa shape index (κ1) is 33.0. The Bertz CT molecular complexity index is 804. The van der Waals surface area contributed by atoms with Gasteiger partial charge in [0.05, 0.1) is 6.04 Å². The first-order valence-corrected chi connectivity index (χ1v) is 14.7.